The second-order valence-corrected chi connectivity index (χ2v) is 17.4. The van der Waals surface area contributed by atoms with Crippen molar-refractivity contribution < 1.29 is 0 Å². The summed E-state index contributed by atoms with van der Waals surface area (Å²) >= 11 is 3.69. The Hall–Kier alpha value is -7.31. The molecular formula is C55H33N3S2. The van der Waals surface area contributed by atoms with E-state index in [4.69, 9.17) is 9.97 Å². The van der Waals surface area contributed by atoms with Crippen LogP contribution in [0, 0.1) is 0 Å². The van der Waals surface area contributed by atoms with Crippen molar-refractivity contribution in [3.8, 4) is 67.3 Å². The fraction of sp³-hybridized carbons (Fsp3) is 0. The molecule has 4 heterocycles. The molecule has 5 heteroatoms. The van der Waals surface area contributed by atoms with Crippen LogP contribution in [0.2, 0.25) is 0 Å². The van der Waals surface area contributed by atoms with Crippen LogP contribution in [0.3, 0.4) is 0 Å². The van der Waals surface area contributed by atoms with E-state index in [1.807, 2.05) is 34.9 Å². The van der Waals surface area contributed by atoms with Gasteiger partial charge in [-0.1, -0.05) is 121 Å². The Morgan fingerprint density at radius 2 is 0.867 bits per heavy atom. The Morgan fingerprint density at radius 3 is 1.53 bits per heavy atom. The fourth-order valence-corrected chi connectivity index (χ4v) is 10.8. The lowest BCUT2D eigenvalue weighted by Gasteiger charge is -2.14. The Balaban J connectivity index is 1.08. The number of rotatable bonds is 6. The summed E-state index contributed by atoms with van der Waals surface area (Å²) in [5, 5.41) is 7.46. The van der Waals surface area contributed by atoms with Gasteiger partial charge in [0, 0.05) is 69.4 Å². The van der Waals surface area contributed by atoms with Crippen LogP contribution in [0.1, 0.15) is 0 Å². The van der Waals surface area contributed by atoms with Crippen molar-refractivity contribution in [1.82, 2.24) is 15.0 Å². The van der Waals surface area contributed by atoms with E-state index in [1.165, 1.54) is 45.7 Å². The molecule has 4 aromatic heterocycles. The van der Waals surface area contributed by atoms with Crippen molar-refractivity contribution in [3.05, 3.63) is 200 Å². The second-order valence-electron chi connectivity index (χ2n) is 15.2. The predicted octanol–water partition coefficient (Wildman–Crippen LogP) is 15.8. The van der Waals surface area contributed by atoms with Gasteiger partial charge in [-0.05, 0) is 111 Å². The van der Waals surface area contributed by atoms with Gasteiger partial charge in [-0.2, -0.15) is 0 Å². The average Bonchev–Trinajstić information content (AvgIpc) is 3.89. The maximum absolute atomic E-state index is 5.43. The molecule has 0 aliphatic rings. The average molecular weight is 800 g/mol. The van der Waals surface area contributed by atoms with Gasteiger partial charge >= 0.3 is 0 Å². The SMILES string of the molecule is c1cncc(-c2ccc(-c3cc(-c4cccc5ccccc45)nc(-c4cc(-c5ccc6sc7ccccc7c6c5)cc(-c5ccc6sc7ccccc7c6c5)c4)n3)cc2)c1. The number of hydrogen-bond acceptors (Lipinski definition) is 5. The minimum absolute atomic E-state index is 0.680. The molecule has 0 amide bonds. The van der Waals surface area contributed by atoms with E-state index in [0.717, 1.165) is 66.8 Å². The highest BCUT2D eigenvalue weighted by atomic mass is 32.1. The highest BCUT2D eigenvalue weighted by Gasteiger charge is 2.17. The molecule has 0 saturated carbocycles. The molecular weight excluding hydrogens is 767 g/mol. The van der Waals surface area contributed by atoms with Crippen LogP contribution in [0.4, 0.5) is 0 Å². The highest BCUT2D eigenvalue weighted by molar-refractivity contribution is 7.26. The number of hydrogen-bond donors (Lipinski definition) is 0. The molecule has 0 atom stereocenters. The van der Waals surface area contributed by atoms with Crippen LogP contribution >= 0.6 is 22.7 Å². The van der Waals surface area contributed by atoms with Crippen LogP contribution in [0.15, 0.2) is 200 Å². The third-order valence-corrected chi connectivity index (χ3v) is 13.9. The lowest BCUT2D eigenvalue weighted by molar-refractivity contribution is 1.19. The molecule has 8 aromatic carbocycles. The standard InChI is InChI=1S/C55H33N3S2/c1-2-12-43-35(9-1)10-7-15-44(43)50-32-49(36-20-18-34(19-21-36)39-11-8-26-56-33-39)57-55(58-50)42-28-40(37-22-24-53-47(30-37)45-13-3-5-16-51(45)59-53)27-41(29-42)38-23-25-54-48(31-38)46-14-4-6-17-52(46)60-54/h1-33H. The summed E-state index contributed by atoms with van der Waals surface area (Å²) in [6.45, 7) is 0. The van der Waals surface area contributed by atoms with Gasteiger partial charge in [0.2, 0.25) is 0 Å². The van der Waals surface area contributed by atoms with E-state index in [9.17, 15) is 0 Å². The lowest BCUT2D eigenvalue weighted by Crippen LogP contribution is -1.97. The van der Waals surface area contributed by atoms with Gasteiger partial charge in [0.15, 0.2) is 5.82 Å². The quantitative estimate of drug-likeness (QED) is 0.168. The zero-order chi connectivity index (χ0) is 39.6. The second kappa shape index (κ2) is 14.2. The summed E-state index contributed by atoms with van der Waals surface area (Å²) in [4.78, 5) is 15.2. The topological polar surface area (TPSA) is 38.7 Å². The fourth-order valence-electron chi connectivity index (χ4n) is 8.58. The summed E-state index contributed by atoms with van der Waals surface area (Å²) in [6.07, 6.45) is 3.71. The number of nitrogens with zero attached hydrogens (tertiary/aromatic N) is 3. The third kappa shape index (κ3) is 6.06. The van der Waals surface area contributed by atoms with Crippen molar-refractivity contribution in [2.24, 2.45) is 0 Å². The number of aromatic nitrogens is 3. The zero-order valence-electron chi connectivity index (χ0n) is 32.2. The predicted molar refractivity (Wildman–Crippen MR) is 256 cm³/mol. The van der Waals surface area contributed by atoms with Gasteiger partial charge in [-0.3, -0.25) is 4.98 Å². The molecule has 0 radical (unpaired) electrons. The molecule has 0 aliphatic heterocycles. The van der Waals surface area contributed by atoms with Crippen LogP contribution in [0.5, 0.6) is 0 Å². The molecule has 60 heavy (non-hydrogen) atoms. The van der Waals surface area contributed by atoms with Gasteiger partial charge in [0.25, 0.3) is 0 Å². The van der Waals surface area contributed by atoms with E-state index in [1.54, 1.807) is 6.20 Å². The summed E-state index contributed by atoms with van der Waals surface area (Å²) in [7, 11) is 0. The number of thiophene rings is 2. The molecule has 0 unspecified atom stereocenters. The van der Waals surface area contributed by atoms with Crippen molar-refractivity contribution in [1.29, 1.82) is 0 Å². The van der Waals surface area contributed by atoms with Gasteiger partial charge in [0.1, 0.15) is 0 Å². The molecule has 280 valence electrons. The van der Waals surface area contributed by atoms with E-state index < -0.39 is 0 Å². The van der Waals surface area contributed by atoms with Crippen molar-refractivity contribution in [2.45, 2.75) is 0 Å². The first-order valence-electron chi connectivity index (χ1n) is 20.1. The van der Waals surface area contributed by atoms with Crippen LogP contribution < -0.4 is 0 Å². The Kier molecular flexibility index (Phi) is 8.22. The number of pyridine rings is 1. The molecule has 3 nitrogen and oxygen atoms in total. The van der Waals surface area contributed by atoms with Crippen LogP contribution in [0.25, 0.3) is 118 Å². The molecule has 0 spiro atoms. The molecule has 0 bridgehead atoms. The molecule has 0 N–H and O–H groups in total. The van der Waals surface area contributed by atoms with Gasteiger partial charge in [0.05, 0.1) is 11.4 Å². The first kappa shape index (κ1) is 34.7. The maximum atomic E-state index is 5.43. The molecule has 0 aliphatic carbocycles. The first-order chi connectivity index (χ1) is 29.7. The van der Waals surface area contributed by atoms with E-state index in [-0.39, 0.29) is 0 Å². The van der Waals surface area contributed by atoms with Gasteiger partial charge < -0.3 is 0 Å². The monoisotopic (exact) mass is 799 g/mol. The Bertz CT molecular complexity index is 3470. The molecule has 12 aromatic rings. The number of benzene rings is 8. The summed E-state index contributed by atoms with van der Waals surface area (Å²) in [6, 6.07) is 67.9. The third-order valence-electron chi connectivity index (χ3n) is 11.6. The summed E-state index contributed by atoms with van der Waals surface area (Å²) in [5.74, 6) is 0.680. The summed E-state index contributed by atoms with van der Waals surface area (Å²) in [5.41, 5.74) is 11.6. The largest absolute Gasteiger partial charge is 0.264 e. The zero-order valence-corrected chi connectivity index (χ0v) is 33.8. The molecule has 0 saturated heterocycles. The maximum Gasteiger partial charge on any atom is 0.160 e. The summed E-state index contributed by atoms with van der Waals surface area (Å²) < 4.78 is 5.18. The van der Waals surface area contributed by atoms with E-state index >= 15 is 0 Å². The van der Waals surface area contributed by atoms with Crippen LogP contribution in [-0.2, 0) is 0 Å². The van der Waals surface area contributed by atoms with Crippen molar-refractivity contribution in [3.63, 3.8) is 0 Å². The Morgan fingerprint density at radius 1 is 0.317 bits per heavy atom. The smallest absolute Gasteiger partial charge is 0.160 e. The van der Waals surface area contributed by atoms with E-state index in [2.05, 4.69) is 187 Å². The normalized spacial score (nSPS) is 11.7. The highest BCUT2D eigenvalue weighted by Crippen LogP contribution is 2.41. The minimum atomic E-state index is 0.680. The number of fused-ring (bicyclic) bond motifs is 7. The van der Waals surface area contributed by atoms with Gasteiger partial charge in [-0.15, -0.1) is 22.7 Å². The molecule has 12 rings (SSSR count). The van der Waals surface area contributed by atoms with Crippen molar-refractivity contribution in [2.75, 3.05) is 0 Å². The first-order valence-corrected chi connectivity index (χ1v) is 21.7. The lowest BCUT2D eigenvalue weighted by atomic mass is 9.94. The van der Waals surface area contributed by atoms with Crippen molar-refractivity contribution >= 4 is 73.8 Å². The molecule has 0 fully saturated rings. The van der Waals surface area contributed by atoms with Gasteiger partial charge in [-0.25, -0.2) is 9.97 Å². The van der Waals surface area contributed by atoms with E-state index in [0.29, 0.717) is 5.82 Å². The minimum Gasteiger partial charge on any atom is -0.264 e. The van der Waals surface area contributed by atoms with Crippen LogP contribution in [-0.4, -0.2) is 15.0 Å². The Labute approximate surface area is 354 Å².